The molecule has 8 nitrogen and oxygen atoms in total. The highest BCUT2D eigenvalue weighted by atomic mass is 32.2. The highest BCUT2D eigenvalue weighted by molar-refractivity contribution is 7.92. The summed E-state index contributed by atoms with van der Waals surface area (Å²) in [5, 5.41) is 11.2. The maximum absolute atomic E-state index is 12.6. The number of alkyl halides is 3. The van der Waals surface area contributed by atoms with Crippen molar-refractivity contribution in [2.45, 2.75) is 29.3 Å². The van der Waals surface area contributed by atoms with E-state index in [0.29, 0.717) is 25.0 Å². The molecule has 0 saturated carbocycles. The Morgan fingerprint density at radius 2 is 2.00 bits per heavy atom. The molecule has 1 aromatic carbocycles. The van der Waals surface area contributed by atoms with Gasteiger partial charge in [-0.1, -0.05) is 0 Å². The number of hydrogen-bond acceptors (Lipinski definition) is 6. The van der Waals surface area contributed by atoms with E-state index in [0.717, 1.165) is 6.07 Å². The number of nitro benzene ring substituents is 1. The summed E-state index contributed by atoms with van der Waals surface area (Å²) in [6.45, 7) is 0.236. The second-order valence-electron chi connectivity index (χ2n) is 5.11. The van der Waals surface area contributed by atoms with Crippen LogP contribution in [0, 0.1) is 10.1 Å². The maximum atomic E-state index is 12.6. The third kappa shape index (κ3) is 3.00. The SMILES string of the molecule is NC(=O)C1CCCN1c1ccc(S(=O)(=O)C(F)(F)F)cc1[N+](=O)[O-]. The number of hydrogen-bond donors (Lipinski definition) is 1. The van der Waals surface area contributed by atoms with Crippen molar-refractivity contribution in [1.29, 1.82) is 0 Å². The molecule has 1 saturated heterocycles. The summed E-state index contributed by atoms with van der Waals surface area (Å²) in [6, 6.07) is 1.02. The number of benzene rings is 1. The zero-order chi connectivity index (χ0) is 18.3. The van der Waals surface area contributed by atoms with Crippen LogP contribution in [0.4, 0.5) is 24.5 Å². The maximum Gasteiger partial charge on any atom is 0.501 e. The predicted molar refractivity (Wildman–Crippen MR) is 75.9 cm³/mol. The smallest absolute Gasteiger partial charge is 0.368 e. The molecule has 0 radical (unpaired) electrons. The molecule has 2 rings (SSSR count). The molecule has 1 atom stereocenters. The first kappa shape index (κ1) is 18.0. The van der Waals surface area contributed by atoms with Crippen molar-refractivity contribution in [3.63, 3.8) is 0 Å². The molecule has 1 unspecified atom stereocenters. The molecule has 1 heterocycles. The van der Waals surface area contributed by atoms with Crippen LogP contribution in [0.15, 0.2) is 23.1 Å². The number of nitro groups is 1. The van der Waals surface area contributed by atoms with Crippen molar-refractivity contribution in [2.24, 2.45) is 5.73 Å². The van der Waals surface area contributed by atoms with E-state index < -0.39 is 42.8 Å². The molecule has 1 amide bonds. The molecule has 1 aliphatic heterocycles. The Hall–Kier alpha value is -2.37. The molecular formula is C12H12F3N3O5S. The number of nitrogens with zero attached hydrogens (tertiary/aromatic N) is 2. The van der Waals surface area contributed by atoms with Gasteiger partial charge in [0.2, 0.25) is 5.91 Å². The summed E-state index contributed by atoms with van der Waals surface area (Å²) in [6.07, 6.45) is 0.850. The quantitative estimate of drug-likeness (QED) is 0.633. The van der Waals surface area contributed by atoms with Gasteiger partial charge in [-0.25, -0.2) is 8.42 Å². The first-order chi connectivity index (χ1) is 11.0. The van der Waals surface area contributed by atoms with Gasteiger partial charge >= 0.3 is 5.51 Å². The van der Waals surface area contributed by atoms with Crippen LogP contribution in [0.2, 0.25) is 0 Å². The molecule has 12 heteroatoms. The van der Waals surface area contributed by atoms with E-state index in [1.54, 1.807) is 0 Å². The Bertz CT molecular complexity index is 794. The predicted octanol–water partition coefficient (Wildman–Crippen LogP) is 1.34. The highest BCUT2D eigenvalue weighted by Gasteiger charge is 2.47. The van der Waals surface area contributed by atoms with Gasteiger partial charge in [-0.05, 0) is 25.0 Å². The van der Waals surface area contributed by atoms with Crippen molar-refractivity contribution in [1.82, 2.24) is 0 Å². The topological polar surface area (TPSA) is 124 Å². The lowest BCUT2D eigenvalue weighted by Crippen LogP contribution is -2.40. The summed E-state index contributed by atoms with van der Waals surface area (Å²) in [4.78, 5) is 21.6. The van der Waals surface area contributed by atoms with E-state index in [9.17, 15) is 36.5 Å². The van der Waals surface area contributed by atoms with E-state index in [-0.39, 0.29) is 12.2 Å². The van der Waals surface area contributed by atoms with Crippen molar-refractivity contribution in [3.05, 3.63) is 28.3 Å². The number of carbonyl (C=O) groups is 1. The monoisotopic (exact) mass is 367 g/mol. The first-order valence-corrected chi connectivity index (χ1v) is 8.11. The minimum atomic E-state index is -5.72. The van der Waals surface area contributed by atoms with Crippen LogP contribution in [0.5, 0.6) is 0 Å². The molecule has 1 fully saturated rings. The van der Waals surface area contributed by atoms with Crippen LogP contribution < -0.4 is 10.6 Å². The Kier molecular flexibility index (Phi) is 4.44. The lowest BCUT2D eigenvalue weighted by molar-refractivity contribution is -0.384. The van der Waals surface area contributed by atoms with E-state index in [4.69, 9.17) is 5.73 Å². The minimum Gasteiger partial charge on any atom is -0.368 e. The van der Waals surface area contributed by atoms with Gasteiger partial charge in [-0.2, -0.15) is 13.2 Å². The van der Waals surface area contributed by atoms with Crippen LogP contribution >= 0.6 is 0 Å². The Morgan fingerprint density at radius 1 is 1.38 bits per heavy atom. The van der Waals surface area contributed by atoms with Crippen LogP contribution in [-0.4, -0.2) is 37.3 Å². The lowest BCUT2D eigenvalue weighted by Gasteiger charge is -2.24. The average Bonchev–Trinajstić information content (AvgIpc) is 2.94. The van der Waals surface area contributed by atoms with Gasteiger partial charge in [0.15, 0.2) is 0 Å². The van der Waals surface area contributed by atoms with Crippen molar-refractivity contribution >= 4 is 27.1 Å². The second-order valence-corrected chi connectivity index (χ2v) is 7.05. The van der Waals surface area contributed by atoms with Gasteiger partial charge in [0.05, 0.1) is 9.82 Å². The fourth-order valence-electron chi connectivity index (χ4n) is 2.54. The van der Waals surface area contributed by atoms with Gasteiger partial charge < -0.3 is 10.6 Å². The van der Waals surface area contributed by atoms with Crippen molar-refractivity contribution < 1.29 is 31.3 Å². The van der Waals surface area contributed by atoms with Crippen molar-refractivity contribution in [3.8, 4) is 0 Å². The molecule has 1 aliphatic rings. The Morgan fingerprint density at radius 3 is 2.50 bits per heavy atom. The number of rotatable bonds is 4. The Labute approximate surface area is 134 Å². The van der Waals surface area contributed by atoms with Gasteiger partial charge in [0.1, 0.15) is 11.7 Å². The number of halogens is 3. The molecule has 132 valence electrons. The number of sulfone groups is 1. The zero-order valence-electron chi connectivity index (χ0n) is 12.0. The zero-order valence-corrected chi connectivity index (χ0v) is 12.8. The summed E-state index contributed by atoms with van der Waals surface area (Å²) in [7, 11) is -5.72. The van der Waals surface area contributed by atoms with Crippen LogP contribution in [0.25, 0.3) is 0 Å². The molecule has 1 aromatic rings. The molecule has 0 aliphatic carbocycles. The molecule has 24 heavy (non-hydrogen) atoms. The van der Waals surface area contributed by atoms with E-state index in [1.807, 2.05) is 0 Å². The van der Waals surface area contributed by atoms with Gasteiger partial charge in [0, 0.05) is 12.6 Å². The molecular weight excluding hydrogens is 355 g/mol. The van der Waals surface area contributed by atoms with Crippen LogP contribution in [0.1, 0.15) is 12.8 Å². The van der Waals surface area contributed by atoms with Gasteiger partial charge in [0.25, 0.3) is 15.5 Å². The van der Waals surface area contributed by atoms with Crippen LogP contribution in [0.3, 0.4) is 0 Å². The minimum absolute atomic E-state index is 0.151. The first-order valence-electron chi connectivity index (χ1n) is 6.62. The largest absolute Gasteiger partial charge is 0.501 e. The average molecular weight is 367 g/mol. The lowest BCUT2D eigenvalue weighted by atomic mass is 10.2. The van der Waals surface area contributed by atoms with Gasteiger partial charge in [-0.15, -0.1) is 0 Å². The summed E-state index contributed by atoms with van der Waals surface area (Å²) >= 11 is 0. The molecule has 0 aromatic heterocycles. The van der Waals surface area contributed by atoms with Crippen molar-refractivity contribution in [2.75, 3.05) is 11.4 Å². The fourth-order valence-corrected chi connectivity index (χ4v) is 3.33. The molecule has 2 N–H and O–H groups in total. The summed E-state index contributed by atoms with van der Waals surface area (Å²) in [5.74, 6) is -0.728. The third-order valence-electron chi connectivity index (χ3n) is 3.65. The standard InChI is InChI=1S/C12H12F3N3O5S/c13-12(14,15)24(22,23)7-3-4-8(10(6-7)18(20)21)17-5-1-2-9(17)11(16)19/h3-4,6,9H,1-2,5H2,(H2,16,19). The molecule has 0 bridgehead atoms. The second kappa shape index (κ2) is 5.92. The number of primary amides is 1. The summed E-state index contributed by atoms with van der Waals surface area (Å²) < 4.78 is 60.6. The van der Waals surface area contributed by atoms with E-state index in [1.165, 1.54) is 4.90 Å². The Balaban J connectivity index is 2.57. The normalized spacial score (nSPS) is 18.6. The van der Waals surface area contributed by atoms with Crippen LogP contribution in [-0.2, 0) is 14.6 Å². The van der Waals surface area contributed by atoms with E-state index in [2.05, 4.69) is 0 Å². The summed E-state index contributed by atoms with van der Waals surface area (Å²) in [5.41, 5.74) is -1.35. The number of anilines is 1. The van der Waals surface area contributed by atoms with E-state index >= 15 is 0 Å². The van der Waals surface area contributed by atoms with Gasteiger partial charge in [-0.3, -0.25) is 14.9 Å². The molecule has 0 spiro atoms. The number of nitrogens with two attached hydrogens (primary N) is 1. The third-order valence-corrected chi connectivity index (χ3v) is 5.13. The fraction of sp³-hybridized carbons (Fsp3) is 0.417. The number of carbonyl (C=O) groups excluding carboxylic acids is 1. The highest BCUT2D eigenvalue weighted by Crippen LogP contribution is 2.38. The number of amides is 1.